The molecule has 43 heavy (non-hydrogen) atoms. The average molecular weight is 606 g/mol. The first-order valence-electron chi connectivity index (χ1n) is 14.2. The van der Waals surface area contributed by atoms with Crippen LogP contribution in [0.1, 0.15) is 66.7 Å². The highest BCUT2D eigenvalue weighted by molar-refractivity contribution is 6.35. The lowest BCUT2D eigenvalue weighted by molar-refractivity contribution is 0.00911. The topological polar surface area (TPSA) is 84.6 Å². The molecule has 2 aromatic carbocycles. The number of hydrogen-bond donors (Lipinski definition) is 4. The molecular formula is C32H34ClF2N7O. The molecule has 3 heterocycles. The maximum absolute atomic E-state index is 14.0. The van der Waals surface area contributed by atoms with E-state index in [1.807, 2.05) is 24.3 Å². The number of alkyl halides is 2. The minimum atomic E-state index is -2.52. The molecule has 1 aliphatic carbocycles. The smallest absolute Gasteiger partial charge is 0.262 e. The largest absolute Gasteiger partial charge is 0.383 e. The summed E-state index contributed by atoms with van der Waals surface area (Å²) in [6.45, 7) is 7.53. The van der Waals surface area contributed by atoms with Gasteiger partial charge in [0.1, 0.15) is 5.54 Å². The van der Waals surface area contributed by atoms with Gasteiger partial charge in [0.2, 0.25) is 0 Å². The van der Waals surface area contributed by atoms with Gasteiger partial charge in [0, 0.05) is 43.6 Å². The van der Waals surface area contributed by atoms with Crippen LogP contribution in [0.2, 0.25) is 5.02 Å². The Labute approximate surface area is 254 Å². The zero-order chi connectivity index (χ0) is 30.7. The van der Waals surface area contributed by atoms with Crippen molar-refractivity contribution in [2.45, 2.75) is 58.2 Å². The van der Waals surface area contributed by atoms with Crippen LogP contribution in [0.3, 0.4) is 0 Å². The quantitative estimate of drug-likeness (QED) is 0.233. The number of aromatic nitrogens is 1. The second-order valence-electron chi connectivity index (χ2n) is 12.7. The van der Waals surface area contributed by atoms with Gasteiger partial charge in [-0.05, 0) is 41.5 Å². The zero-order valence-corrected chi connectivity index (χ0v) is 25.2. The number of pyridine rings is 1. The van der Waals surface area contributed by atoms with Crippen LogP contribution in [0.4, 0.5) is 20.2 Å². The second kappa shape index (κ2) is 10.6. The first kappa shape index (κ1) is 29.0. The highest BCUT2D eigenvalue weighted by Crippen LogP contribution is 2.47. The molecule has 1 amide bonds. The molecule has 2 aliphatic heterocycles. The number of amides is 1. The van der Waals surface area contributed by atoms with E-state index in [-0.39, 0.29) is 11.3 Å². The van der Waals surface area contributed by atoms with E-state index in [1.165, 1.54) is 5.01 Å². The van der Waals surface area contributed by atoms with Crippen molar-refractivity contribution in [1.82, 2.24) is 25.9 Å². The molecule has 1 fully saturated rings. The number of terminal acetylenes is 1. The Bertz CT molecular complexity index is 1690. The molecule has 11 heteroatoms. The normalized spacial score (nSPS) is 17.9. The van der Waals surface area contributed by atoms with Crippen LogP contribution >= 0.6 is 11.6 Å². The molecule has 1 saturated carbocycles. The Balaban J connectivity index is 1.46. The minimum Gasteiger partial charge on any atom is -0.383 e. The fourth-order valence-corrected chi connectivity index (χ4v) is 5.93. The van der Waals surface area contributed by atoms with Gasteiger partial charge in [0.15, 0.2) is 0 Å². The van der Waals surface area contributed by atoms with E-state index in [0.29, 0.717) is 64.5 Å². The fourth-order valence-electron chi connectivity index (χ4n) is 5.66. The molecule has 8 nitrogen and oxygen atoms in total. The second-order valence-corrected chi connectivity index (χ2v) is 13.1. The van der Waals surface area contributed by atoms with Gasteiger partial charge in [-0.25, -0.2) is 8.78 Å². The van der Waals surface area contributed by atoms with Gasteiger partial charge < -0.3 is 21.0 Å². The van der Waals surface area contributed by atoms with Gasteiger partial charge in [-0.15, -0.1) is 12.0 Å². The van der Waals surface area contributed by atoms with Crippen molar-refractivity contribution in [2.24, 2.45) is 5.41 Å². The van der Waals surface area contributed by atoms with Crippen LogP contribution in [-0.4, -0.2) is 46.4 Å². The van der Waals surface area contributed by atoms with Gasteiger partial charge in [-0.3, -0.25) is 14.8 Å². The SMILES string of the molecule is C#Cc1cnc2c(Cl)cc(N[C@H](C3=CN(C4(C(F)F)CC4)NN3)c3cccc4c3C(=O)N(C)C4)cc2c1NCC(C)(C)C. The van der Waals surface area contributed by atoms with Crippen LogP contribution in [-0.2, 0) is 6.54 Å². The number of fused-ring (bicyclic) bond motifs is 2. The molecule has 1 aromatic heterocycles. The summed E-state index contributed by atoms with van der Waals surface area (Å²) in [5.41, 5.74) is 10.1. The number of halogens is 3. The first-order valence-corrected chi connectivity index (χ1v) is 14.6. The lowest BCUT2D eigenvalue weighted by atomic mass is 9.94. The minimum absolute atomic E-state index is 0.0176. The van der Waals surface area contributed by atoms with Gasteiger partial charge in [-0.2, -0.15) is 0 Å². The maximum Gasteiger partial charge on any atom is 0.262 e. The molecule has 4 N–H and O–H groups in total. The zero-order valence-electron chi connectivity index (χ0n) is 24.5. The van der Waals surface area contributed by atoms with Gasteiger partial charge >= 0.3 is 0 Å². The summed E-state index contributed by atoms with van der Waals surface area (Å²) in [6.07, 6.45) is 7.38. The molecule has 6 rings (SSSR count). The third-order valence-corrected chi connectivity index (χ3v) is 8.49. The highest BCUT2D eigenvalue weighted by atomic mass is 35.5. The highest BCUT2D eigenvalue weighted by Gasteiger charge is 2.56. The molecular weight excluding hydrogens is 572 g/mol. The number of anilines is 2. The predicted octanol–water partition coefficient (Wildman–Crippen LogP) is 6.03. The van der Waals surface area contributed by atoms with Gasteiger partial charge in [0.05, 0.1) is 39.1 Å². The summed E-state index contributed by atoms with van der Waals surface area (Å²) in [5, 5.41) is 9.65. The van der Waals surface area contributed by atoms with E-state index in [0.717, 1.165) is 16.6 Å². The Hall–Kier alpha value is -4.07. The Kier molecular flexibility index (Phi) is 7.14. The summed E-state index contributed by atoms with van der Waals surface area (Å²) in [6, 6.07) is 8.80. The number of benzene rings is 2. The summed E-state index contributed by atoms with van der Waals surface area (Å²) in [4.78, 5) is 19.5. The fraction of sp³-hybridized carbons (Fsp3) is 0.375. The van der Waals surface area contributed by atoms with E-state index >= 15 is 0 Å². The van der Waals surface area contributed by atoms with Crippen LogP contribution in [0.25, 0.3) is 10.9 Å². The molecule has 0 bridgehead atoms. The molecule has 0 spiro atoms. The number of rotatable bonds is 8. The monoisotopic (exact) mass is 605 g/mol. The predicted molar refractivity (Wildman–Crippen MR) is 165 cm³/mol. The summed E-state index contributed by atoms with van der Waals surface area (Å²) in [5.74, 6) is 2.62. The van der Waals surface area contributed by atoms with Crippen molar-refractivity contribution in [1.29, 1.82) is 0 Å². The number of carbonyl (C=O) groups excluding carboxylic acids is 1. The van der Waals surface area contributed by atoms with Crippen LogP contribution < -0.4 is 21.6 Å². The van der Waals surface area contributed by atoms with Gasteiger partial charge in [-0.1, -0.05) is 56.5 Å². The Morgan fingerprint density at radius 1 is 1.26 bits per heavy atom. The van der Waals surface area contributed by atoms with Crippen molar-refractivity contribution in [2.75, 3.05) is 24.2 Å². The number of carbonyl (C=O) groups is 1. The van der Waals surface area contributed by atoms with Crippen LogP contribution in [0, 0.1) is 17.8 Å². The van der Waals surface area contributed by atoms with Crippen molar-refractivity contribution >= 4 is 39.8 Å². The van der Waals surface area contributed by atoms with Crippen molar-refractivity contribution < 1.29 is 13.6 Å². The van der Waals surface area contributed by atoms with E-state index in [1.54, 1.807) is 30.4 Å². The van der Waals surface area contributed by atoms with Crippen molar-refractivity contribution in [3.8, 4) is 12.3 Å². The Morgan fingerprint density at radius 3 is 2.70 bits per heavy atom. The number of hydrazine groups is 2. The van der Waals surface area contributed by atoms with E-state index < -0.39 is 18.0 Å². The molecule has 0 saturated heterocycles. The lowest BCUT2D eigenvalue weighted by Gasteiger charge is -2.25. The Morgan fingerprint density at radius 2 is 2.02 bits per heavy atom. The van der Waals surface area contributed by atoms with E-state index in [9.17, 15) is 13.6 Å². The maximum atomic E-state index is 14.0. The molecule has 0 unspecified atom stereocenters. The van der Waals surface area contributed by atoms with Crippen molar-refractivity contribution in [3.63, 3.8) is 0 Å². The van der Waals surface area contributed by atoms with E-state index in [2.05, 4.69) is 53.3 Å². The first-order chi connectivity index (χ1) is 20.4. The molecule has 3 aliphatic rings. The summed E-state index contributed by atoms with van der Waals surface area (Å²) >= 11 is 6.79. The number of nitrogens with one attached hydrogen (secondary N) is 4. The number of nitrogens with zero attached hydrogens (tertiary/aromatic N) is 3. The third-order valence-electron chi connectivity index (χ3n) is 8.20. The number of hydrogen-bond acceptors (Lipinski definition) is 7. The third kappa shape index (κ3) is 5.21. The molecule has 0 radical (unpaired) electrons. The standard InChI is InChI=1S/C32H34ClF2N7O/c1-6-18-14-36-27-22(26(18)37-17-31(2,3)4)12-20(13-23(27)33)38-28(21-9-7-8-19-15-41(5)29(43)25(19)21)24-16-42(40-39-24)32(10-11-32)30(34)35/h1,7-9,12-14,16,28,30,38-40H,10-11,15,17H2,2-5H3,(H,36,37)/t28-/m0/s1. The van der Waals surface area contributed by atoms with Crippen molar-refractivity contribution in [3.05, 3.63) is 75.7 Å². The van der Waals surface area contributed by atoms with E-state index in [4.69, 9.17) is 18.0 Å². The molecule has 224 valence electrons. The summed E-state index contributed by atoms with van der Waals surface area (Å²) < 4.78 is 28.0. The average Bonchev–Trinajstić information content (AvgIpc) is 3.54. The van der Waals surface area contributed by atoms with Gasteiger partial charge in [0.25, 0.3) is 12.3 Å². The summed E-state index contributed by atoms with van der Waals surface area (Å²) in [7, 11) is 1.76. The molecule has 3 aromatic rings. The van der Waals surface area contributed by atoms with Crippen LogP contribution in [0.15, 0.2) is 48.4 Å². The van der Waals surface area contributed by atoms with Crippen LogP contribution in [0.5, 0.6) is 0 Å². The lowest BCUT2D eigenvalue weighted by Crippen LogP contribution is -2.48. The molecule has 1 atom stereocenters.